The Morgan fingerprint density at radius 1 is 1.19 bits per heavy atom. The number of fused-ring (bicyclic) bond motifs is 1. The third kappa shape index (κ3) is 3.57. The maximum absolute atomic E-state index is 12.6. The minimum absolute atomic E-state index is 0.220. The molecule has 0 saturated carbocycles. The Bertz CT molecular complexity index is 884. The number of aromatic nitrogens is 2. The topological polar surface area (TPSA) is 51.4 Å². The van der Waals surface area contributed by atoms with Crippen LogP contribution in [0.5, 0.6) is 5.75 Å². The molecule has 0 fully saturated rings. The molecule has 5 nitrogen and oxygen atoms in total. The minimum atomic E-state index is -2.83. The minimum Gasteiger partial charge on any atom is -0.461 e. The van der Waals surface area contributed by atoms with Crippen LogP contribution in [0.15, 0.2) is 53.3 Å². The van der Waals surface area contributed by atoms with E-state index in [-0.39, 0.29) is 5.75 Å². The van der Waals surface area contributed by atoms with Crippen molar-refractivity contribution < 1.29 is 17.9 Å². The number of halogens is 2. The van der Waals surface area contributed by atoms with Gasteiger partial charge in [-0.05, 0) is 18.2 Å². The van der Waals surface area contributed by atoms with Crippen LogP contribution in [0.3, 0.4) is 0 Å². The van der Waals surface area contributed by atoms with E-state index in [2.05, 4.69) is 19.6 Å². The SMILES string of the molecule is FC(F)Oc1ccccc1CN1CCc2nc(-c3ccco3)ncc2C1. The molecule has 0 saturated heterocycles. The molecule has 134 valence electrons. The highest BCUT2D eigenvalue weighted by molar-refractivity contribution is 5.47. The summed E-state index contributed by atoms with van der Waals surface area (Å²) in [5.41, 5.74) is 2.78. The van der Waals surface area contributed by atoms with Gasteiger partial charge in [0.25, 0.3) is 0 Å². The van der Waals surface area contributed by atoms with E-state index in [1.807, 2.05) is 24.4 Å². The molecule has 0 amide bonds. The van der Waals surface area contributed by atoms with E-state index in [0.717, 1.165) is 29.8 Å². The van der Waals surface area contributed by atoms with Gasteiger partial charge in [0.15, 0.2) is 11.6 Å². The molecule has 3 heterocycles. The van der Waals surface area contributed by atoms with Crippen LogP contribution >= 0.6 is 0 Å². The lowest BCUT2D eigenvalue weighted by molar-refractivity contribution is -0.0508. The van der Waals surface area contributed by atoms with Crippen LogP contribution in [0, 0.1) is 0 Å². The van der Waals surface area contributed by atoms with Gasteiger partial charge in [0.1, 0.15) is 5.75 Å². The van der Waals surface area contributed by atoms with Crippen molar-refractivity contribution >= 4 is 0 Å². The van der Waals surface area contributed by atoms with Crippen molar-refractivity contribution in [2.75, 3.05) is 6.54 Å². The lowest BCUT2D eigenvalue weighted by Crippen LogP contribution is -2.31. The van der Waals surface area contributed by atoms with Gasteiger partial charge in [-0.1, -0.05) is 18.2 Å². The fourth-order valence-electron chi connectivity index (χ4n) is 3.12. The summed E-state index contributed by atoms with van der Waals surface area (Å²) >= 11 is 0. The predicted octanol–water partition coefficient (Wildman–Crippen LogP) is 3.90. The Morgan fingerprint density at radius 2 is 2.08 bits per heavy atom. The monoisotopic (exact) mass is 357 g/mol. The zero-order valence-electron chi connectivity index (χ0n) is 13.9. The van der Waals surface area contributed by atoms with Gasteiger partial charge in [0.05, 0.1) is 12.0 Å². The highest BCUT2D eigenvalue weighted by Crippen LogP contribution is 2.26. The van der Waals surface area contributed by atoms with Crippen molar-refractivity contribution in [3.8, 4) is 17.3 Å². The fourth-order valence-corrected chi connectivity index (χ4v) is 3.12. The number of furan rings is 1. The first-order chi connectivity index (χ1) is 12.7. The Kier molecular flexibility index (Phi) is 4.62. The molecule has 0 N–H and O–H groups in total. The third-order valence-electron chi connectivity index (χ3n) is 4.34. The smallest absolute Gasteiger partial charge is 0.387 e. The van der Waals surface area contributed by atoms with Gasteiger partial charge in [-0.2, -0.15) is 8.78 Å². The van der Waals surface area contributed by atoms with Gasteiger partial charge < -0.3 is 9.15 Å². The summed E-state index contributed by atoms with van der Waals surface area (Å²) in [6.45, 7) is -0.851. The summed E-state index contributed by atoms with van der Waals surface area (Å²) in [4.78, 5) is 11.1. The number of para-hydroxylation sites is 1. The second-order valence-corrected chi connectivity index (χ2v) is 6.09. The molecular weight excluding hydrogens is 340 g/mol. The molecule has 0 spiro atoms. The first-order valence-corrected chi connectivity index (χ1v) is 8.33. The molecule has 0 unspecified atom stereocenters. The van der Waals surface area contributed by atoms with E-state index in [9.17, 15) is 8.78 Å². The van der Waals surface area contributed by atoms with E-state index >= 15 is 0 Å². The number of hydrogen-bond donors (Lipinski definition) is 0. The molecule has 1 aliphatic rings. The van der Waals surface area contributed by atoms with Crippen LogP contribution in [0.1, 0.15) is 16.8 Å². The average molecular weight is 357 g/mol. The van der Waals surface area contributed by atoms with Crippen LogP contribution in [-0.2, 0) is 19.5 Å². The molecule has 1 aliphatic heterocycles. The molecule has 3 aromatic rings. The molecule has 0 bridgehead atoms. The predicted molar refractivity (Wildman–Crippen MR) is 90.6 cm³/mol. The lowest BCUT2D eigenvalue weighted by atomic mass is 10.1. The molecule has 7 heteroatoms. The average Bonchev–Trinajstić information content (AvgIpc) is 3.17. The van der Waals surface area contributed by atoms with E-state index in [4.69, 9.17) is 4.42 Å². The quantitative estimate of drug-likeness (QED) is 0.693. The van der Waals surface area contributed by atoms with Crippen LogP contribution in [0.25, 0.3) is 11.6 Å². The first kappa shape index (κ1) is 16.7. The van der Waals surface area contributed by atoms with Gasteiger partial charge in [-0.15, -0.1) is 0 Å². The van der Waals surface area contributed by atoms with Gasteiger partial charge in [0.2, 0.25) is 0 Å². The van der Waals surface area contributed by atoms with Gasteiger partial charge in [0, 0.05) is 43.4 Å². The number of benzene rings is 1. The Labute approximate surface area is 149 Å². The van der Waals surface area contributed by atoms with Crippen LogP contribution in [0.2, 0.25) is 0 Å². The van der Waals surface area contributed by atoms with Crippen molar-refractivity contribution in [3.05, 3.63) is 65.7 Å². The maximum atomic E-state index is 12.6. The van der Waals surface area contributed by atoms with Crippen LogP contribution in [-0.4, -0.2) is 28.0 Å². The summed E-state index contributed by atoms with van der Waals surface area (Å²) in [6.07, 6.45) is 4.18. The number of rotatable bonds is 5. The van der Waals surface area contributed by atoms with Crippen molar-refractivity contribution in [1.29, 1.82) is 0 Å². The Morgan fingerprint density at radius 3 is 2.88 bits per heavy atom. The highest BCUT2D eigenvalue weighted by atomic mass is 19.3. The van der Waals surface area contributed by atoms with E-state index < -0.39 is 6.61 Å². The summed E-state index contributed by atoms with van der Waals surface area (Å²) in [5, 5.41) is 0. The zero-order valence-corrected chi connectivity index (χ0v) is 13.9. The number of hydrogen-bond acceptors (Lipinski definition) is 5. The molecule has 26 heavy (non-hydrogen) atoms. The Hall–Kier alpha value is -2.80. The summed E-state index contributed by atoms with van der Waals surface area (Å²) in [7, 11) is 0. The van der Waals surface area contributed by atoms with Crippen molar-refractivity contribution in [3.63, 3.8) is 0 Å². The molecule has 2 aromatic heterocycles. The largest absolute Gasteiger partial charge is 0.461 e. The van der Waals surface area contributed by atoms with Crippen molar-refractivity contribution in [1.82, 2.24) is 14.9 Å². The number of nitrogens with zero attached hydrogens (tertiary/aromatic N) is 3. The van der Waals surface area contributed by atoms with E-state index in [1.165, 1.54) is 0 Å². The molecule has 0 aliphatic carbocycles. The van der Waals surface area contributed by atoms with Crippen LogP contribution in [0.4, 0.5) is 8.78 Å². The highest BCUT2D eigenvalue weighted by Gasteiger charge is 2.21. The van der Waals surface area contributed by atoms with Crippen LogP contribution < -0.4 is 4.74 Å². The second-order valence-electron chi connectivity index (χ2n) is 6.09. The van der Waals surface area contributed by atoms with Crippen molar-refractivity contribution in [2.45, 2.75) is 26.1 Å². The lowest BCUT2D eigenvalue weighted by Gasteiger charge is -2.28. The second kappa shape index (κ2) is 7.21. The normalized spacial score (nSPS) is 14.4. The summed E-state index contributed by atoms with van der Waals surface area (Å²) in [6, 6.07) is 10.5. The zero-order chi connectivity index (χ0) is 17.9. The summed E-state index contributed by atoms with van der Waals surface area (Å²) < 4.78 is 35.1. The molecule has 0 radical (unpaired) electrons. The van der Waals surface area contributed by atoms with E-state index in [0.29, 0.717) is 24.7 Å². The first-order valence-electron chi connectivity index (χ1n) is 8.33. The van der Waals surface area contributed by atoms with Crippen molar-refractivity contribution in [2.24, 2.45) is 0 Å². The maximum Gasteiger partial charge on any atom is 0.387 e. The summed E-state index contributed by atoms with van der Waals surface area (Å²) in [5.74, 6) is 1.45. The molecule has 1 aromatic carbocycles. The number of ether oxygens (including phenoxy) is 1. The fraction of sp³-hybridized carbons (Fsp3) is 0.263. The van der Waals surface area contributed by atoms with Gasteiger partial charge in [-0.3, -0.25) is 4.90 Å². The number of alkyl halides is 2. The standard InChI is InChI=1S/C19H17F2N3O2/c20-19(21)26-16-5-2-1-4-13(16)11-24-8-7-15-14(12-24)10-22-18(23-15)17-6-3-9-25-17/h1-6,9-10,19H,7-8,11-12H2. The van der Waals surface area contributed by atoms with Gasteiger partial charge in [-0.25, -0.2) is 9.97 Å². The van der Waals surface area contributed by atoms with E-state index in [1.54, 1.807) is 24.5 Å². The molecule has 0 atom stereocenters. The molecular formula is C19H17F2N3O2. The van der Waals surface area contributed by atoms with Gasteiger partial charge >= 0.3 is 6.61 Å². The third-order valence-corrected chi connectivity index (χ3v) is 4.34. The molecule has 4 rings (SSSR count). The Balaban J connectivity index is 1.49.